The second-order valence-corrected chi connectivity index (χ2v) is 5.36. The molecule has 1 amide bonds. The van der Waals surface area contributed by atoms with Crippen LogP contribution in [0, 0.1) is 18.2 Å². The predicted octanol–water partition coefficient (Wildman–Crippen LogP) is 2.68. The van der Waals surface area contributed by atoms with Crippen molar-refractivity contribution in [3.63, 3.8) is 0 Å². The second-order valence-electron chi connectivity index (χ2n) is 5.36. The minimum absolute atomic E-state index is 0.127. The van der Waals surface area contributed by atoms with Gasteiger partial charge in [0.1, 0.15) is 5.82 Å². The number of amides is 1. The summed E-state index contributed by atoms with van der Waals surface area (Å²) in [7, 11) is 1.68. The molecule has 0 bridgehead atoms. The van der Waals surface area contributed by atoms with Crippen LogP contribution in [0.5, 0.6) is 0 Å². The van der Waals surface area contributed by atoms with E-state index < -0.39 is 5.82 Å². The fraction of sp³-hybridized carbons (Fsp3) is 0.533. The summed E-state index contributed by atoms with van der Waals surface area (Å²) in [5.41, 5.74) is 0.794. The topological polar surface area (TPSA) is 38.3 Å². The lowest BCUT2D eigenvalue weighted by molar-refractivity contribution is 0.0933. The first-order chi connectivity index (χ1) is 9.08. The minimum atomic E-state index is -0.429. The zero-order valence-electron chi connectivity index (χ0n) is 11.5. The lowest BCUT2D eigenvalue weighted by atomic mass is 10.0. The van der Waals surface area contributed by atoms with E-state index in [4.69, 9.17) is 4.74 Å². The van der Waals surface area contributed by atoms with E-state index in [1.807, 2.05) is 0 Å². The first kappa shape index (κ1) is 14.0. The van der Waals surface area contributed by atoms with Crippen LogP contribution in [-0.2, 0) is 4.74 Å². The van der Waals surface area contributed by atoms with Crippen molar-refractivity contribution in [3.05, 3.63) is 35.1 Å². The summed E-state index contributed by atoms with van der Waals surface area (Å²) < 4.78 is 18.9. The zero-order valence-corrected chi connectivity index (χ0v) is 11.5. The van der Waals surface area contributed by atoms with Crippen LogP contribution in [0.2, 0.25) is 0 Å². The highest BCUT2D eigenvalue weighted by atomic mass is 19.1. The third kappa shape index (κ3) is 3.32. The van der Waals surface area contributed by atoms with Gasteiger partial charge in [-0.3, -0.25) is 4.79 Å². The van der Waals surface area contributed by atoms with Gasteiger partial charge in [0.05, 0.1) is 5.56 Å². The number of rotatable bonds is 6. The van der Waals surface area contributed by atoms with Gasteiger partial charge >= 0.3 is 0 Å². The number of hydrogen-bond donors (Lipinski definition) is 1. The van der Waals surface area contributed by atoms with Gasteiger partial charge in [0.2, 0.25) is 0 Å². The summed E-state index contributed by atoms with van der Waals surface area (Å²) in [4.78, 5) is 12.0. The molecule has 1 N–H and O–H groups in total. The lowest BCUT2D eigenvalue weighted by Crippen LogP contribution is -2.31. The average molecular weight is 265 g/mol. The predicted molar refractivity (Wildman–Crippen MR) is 71.6 cm³/mol. The standard InChI is InChI=1S/C15H20FNO2/c1-11-4-3-5-12(13(11)16)14(18)17-10-15(6-7-15)8-9-19-2/h3-5H,6-10H2,1-2H3,(H,17,18). The van der Waals surface area contributed by atoms with Gasteiger partial charge in [0.25, 0.3) is 5.91 Å². The van der Waals surface area contributed by atoms with Gasteiger partial charge in [-0.1, -0.05) is 12.1 Å². The van der Waals surface area contributed by atoms with Crippen molar-refractivity contribution in [1.29, 1.82) is 0 Å². The molecule has 0 heterocycles. The Kier molecular flexibility index (Phi) is 4.20. The third-order valence-electron chi connectivity index (χ3n) is 3.85. The van der Waals surface area contributed by atoms with Crippen LogP contribution in [0.15, 0.2) is 18.2 Å². The highest BCUT2D eigenvalue weighted by Gasteiger charge is 2.42. The van der Waals surface area contributed by atoms with E-state index in [0.29, 0.717) is 18.7 Å². The van der Waals surface area contributed by atoms with Crippen molar-refractivity contribution < 1.29 is 13.9 Å². The maximum Gasteiger partial charge on any atom is 0.254 e. The van der Waals surface area contributed by atoms with E-state index in [1.54, 1.807) is 26.2 Å². The molecule has 1 aliphatic carbocycles. The number of carbonyl (C=O) groups excluding carboxylic acids is 1. The van der Waals surface area contributed by atoms with E-state index >= 15 is 0 Å². The Balaban J connectivity index is 1.93. The average Bonchev–Trinajstić information content (AvgIpc) is 3.17. The molecule has 2 rings (SSSR count). The smallest absolute Gasteiger partial charge is 0.254 e. The van der Waals surface area contributed by atoms with E-state index in [1.165, 1.54) is 6.07 Å². The van der Waals surface area contributed by atoms with E-state index in [-0.39, 0.29) is 16.9 Å². The van der Waals surface area contributed by atoms with Crippen LogP contribution >= 0.6 is 0 Å². The molecule has 0 spiro atoms. The Morgan fingerprint density at radius 1 is 1.47 bits per heavy atom. The largest absolute Gasteiger partial charge is 0.385 e. The Hall–Kier alpha value is -1.42. The number of ether oxygens (including phenoxy) is 1. The first-order valence-electron chi connectivity index (χ1n) is 6.60. The summed E-state index contributed by atoms with van der Waals surface area (Å²) in [6.07, 6.45) is 3.15. The van der Waals surface area contributed by atoms with Crippen LogP contribution in [0.25, 0.3) is 0 Å². The van der Waals surface area contributed by atoms with Gasteiger partial charge in [-0.05, 0) is 43.2 Å². The van der Waals surface area contributed by atoms with Gasteiger partial charge < -0.3 is 10.1 Å². The molecule has 4 heteroatoms. The molecule has 1 saturated carbocycles. The maximum atomic E-state index is 13.8. The highest BCUT2D eigenvalue weighted by molar-refractivity contribution is 5.94. The second kappa shape index (κ2) is 5.70. The zero-order chi connectivity index (χ0) is 13.9. The molecule has 1 fully saturated rings. The Morgan fingerprint density at radius 2 is 2.21 bits per heavy atom. The first-order valence-corrected chi connectivity index (χ1v) is 6.60. The Bertz CT molecular complexity index is 469. The van der Waals surface area contributed by atoms with Gasteiger partial charge in [-0.25, -0.2) is 4.39 Å². The van der Waals surface area contributed by atoms with Gasteiger partial charge in [0.15, 0.2) is 0 Å². The molecule has 19 heavy (non-hydrogen) atoms. The Labute approximate surface area is 113 Å². The van der Waals surface area contributed by atoms with Crippen molar-refractivity contribution in [2.45, 2.75) is 26.2 Å². The summed E-state index contributed by atoms with van der Waals surface area (Å²) >= 11 is 0. The molecule has 0 unspecified atom stereocenters. The normalized spacial score (nSPS) is 16.2. The SMILES string of the molecule is COCCC1(CNC(=O)c2cccc(C)c2F)CC1. The van der Waals surface area contributed by atoms with Crippen molar-refractivity contribution in [3.8, 4) is 0 Å². The molecule has 0 aromatic heterocycles. The van der Waals surface area contributed by atoms with E-state index in [2.05, 4.69) is 5.32 Å². The summed E-state index contributed by atoms with van der Waals surface area (Å²) in [5, 5.41) is 2.84. The summed E-state index contributed by atoms with van der Waals surface area (Å²) in [6.45, 7) is 2.96. The molecular formula is C15H20FNO2. The quantitative estimate of drug-likeness (QED) is 0.858. The molecule has 0 aliphatic heterocycles. The van der Waals surface area contributed by atoms with Crippen LogP contribution in [0.3, 0.4) is 0 Å². The molecular weight excluding hydrogens is 245 g/mol. The fourth-order valence-corrected chi connectivity index (χ4v) is 2.20. The van der Waals surface area contributed by atoms with Crippen LogP contribution in [0.1, 0.15) is 35.2 Å². The van der Waals surface area contributed by atoms with Crippen molar-refractivity contribution in [2.75, 3.05) is 20.3 Å². The summed E-state index contributed by atoms with van der Waals surface area (Å²) in [6, 6.07) is 4.88. The van der Waals surface area contributed by atoms with Gasteiger partial charge in [-0.2, -0.15) is 0 Å². The van der Waals surface area contributed by atoms with Crippen molar-refractivity contribution in [1.82, 2.24) is 5.32 Å². The van der Waals surface area contributed by atoms with Crippen LogP contribution in [-0.4, -0.2) is 26.2 Å². The summed E-state index contributed by atoms with van der Waals surface area (Å²) in [5.74, 6) is -0.758. The molecule has 1 aromatic rings. The third-order valence-corrected chi connectivity index (χ3v) is 3.85. The van der Waals surface area contributed by atoms with Crippen molar-refractivity contribution >= 4 is 5.91 Å². The molecule has 0 atom stereocenters. The monoisotopic (exact) mass is 265 g/mol. The fourth-order valence-electron chi connectivity index (χ4n) is 2.20. The molecule has 104 valence electrons. The number of aryl methyl sites for hydroxylation is 1. The number of nitrogens with one attached hydrogen (secondary N) is 1. The van der Waals surface area contributed by atoms with E-state index in [0.717, 1.165) is 19.3 Å². The van der Waals surface area contributed by atoms with Crippen LogP contribution in [0.4, 0.5) is 4.39 Å². The minimum Gasteiger partial charge on any atom is -0.385 e. The Morgan fingerprint density at radius 3 is 2.84 bits per heavy atom. The number of methoxy groups -OCH3 is 1. The van der Waals surface area contributed by atoms with Gasteiger partial charge in [0, 0.05) is 20.3 Å². The lowest BCUT2D eigenvalue weighted by Gasteiger charge is -2.15. The molecule has 1 aliphatic rings. The van der Waals surface area contributed by atoms with E-state index in [9.17, 15) is 9.18 Å². The number of carbonyl (C=O) groups is 1. The van der Waals surface area contributed by atoms with Crippen molar-refractivity contribution in [2.24, 2.45) is 5.41 Å². The van der Waals surface area contributed by atoms with Gasteiger partial charge in [-0.15, -0.1) is 0 Å². The highest BCUT2D eigenvalue weighted by Crippen LogP contribution is 2.48. The maximum absolute atomic E-state index is 13.8. The molecule has 1 aromatic carbocycles. The number of benzene rings is 1. The van der Waals surface area contributed by atoms with Crippen LogP contribution < -0.4 is 5.32 Å². The number of hydrogen-bond acceptors (Lipinski definition) is 2. The molecule has 0 saturated heterocycles. The molecule has 3 nitrogen and oxygen atoms in total. The number of halogens is 1. The molecule has 0 radical (unpaired) electrons.